The highest BCUT2D eigenvalue weighted by molar-refractivity contribution is 5.70. The van der Waals surface area contributed by atoms with E-state index in [0.717, 1.165) is 19.3 Å². The number of hydrogen-bond donors (Lipinski definition) is 0. The summed E-state index contributed by atoms with van der Waals surface area (Å²) in [4.78, 5) is 21.8. The molecule has 4 rings (SSSR count). The highest BCUT2D eigenvalue weighted by atomic mass is 19.1. The van der Waals surface area contributed by atoms with Crippen LogP contribution in [0.15, 0.2) is 24.5 Å². The van der Waals surface area contributed by atoms with Crippen molar-refractivity contribution < 1.29 is 23.0 Å². The van der Waals surface area contributed by atoms with Crippen LogP contribution in [0.2, 0.25) is 0 Å². The van der Waals surface area contributed by atoms with Crippen molar-refractivity contribution in [2.24, 2.45) is 5.92 Å². The van der Waals surface area contributed by atoms with Crippen molar-refractivity contribution in [1.29, 1.82) is 0 Å². The molecule has 0 spiro atoms. The fraction of sp³-hybridized carbons (Fsp3) is 0.500. The zero-order chi connectivity index (χ0) is 21.1. The van der Waals surface area contributed by atoms with Crippen molar-refractivity contribution in [1.82, 2.24) is 9.97 Å². The second-order valence-electron chi connectivity index (χ2n) is 7.81. The van der Waals surface area contributed by atoms with Crippen molar-refractivity contribution >= 4 is 11.7 Å². The Bertz CT molecular complexity index is 897. The summed E-state index contributed by atoms with van der Waals surface area (Å²) < 4.78 is 40.5. The van der Waals surface area contributed by atoms with Crippen LogP contribution < -0.4 is 9.64 Å². The monoisotopic (exact) mass is 417 g/mol. The van der Waals surface area contributed by atoms with E-state index in [-0.39, 0.29) is 30.1 Å². The number of carbonyl (C=O) groups is 1. The zero-order valence-electron chi connectivity index (χ0n) is 16.9. The summed E-state index contributed by atoms with van der Waals surface area (Å²) in [7, 11) is 0. The van der Waals surface area contributed by atoms with Gasteiger partial charge in [0.15, 0.2) is 0 Å². The van der Waals surface area contributed by atoms with Crippen LogP contribution in [0, 0.1) is 17.6 Å². The standard InChI is InChI=1S/C22H25F2N3O3/c1-2-29-21(28)8-14-6-7-27(13-14)22-17(23)9-15(10-18(22)24)19-11-25-12-20(26-19)30-16-4-3-5-16/h9-12,14,16H,2-8,13H2,1H3. The van der Waals surface area contributed by atoms with E-state index in [2.05, 4.69) is 9.97 Å². The van der Waals surface area contributed by atoms with Gasteiger partial charge in [-0.05, 0) is 50.7 Å². The second kappa shape index (κ2) is 8.93. The van der Waals surface area contributed by atoms with Gasteiger partial charge in [-0.1, -0.05) is 0 Å². The van der Waals surface area contributed by atoms with Gasteiger partial charge in [-0.15, -0.1) is 0 Å². The Morgan fingerprint density at radius 2 is 1.97 bits per heavy atom. The first kappa shape index (κ1) is 20.5. The normalized spacial score (nSPS) is 18.9. The van der Waals surface area contributed by atoms with Crippen LogP contribution in [0.5, 0.6) is 5.88 Å². The molecule has 6 nitrogen and oxygen atoms in total. The van der Waals surface area contributed by atoms with Gasteiger partial charge in [0.1, 0.15) is 23.4 Å². The van der Waals surface area contributed by atoms with Gasteiger partial charge in [0.25, 0.3) is 0 Å². The highest BCUT2D eigenvalue weighted by Gasteiger charge is 2.29. The summed E-state index contributed by atoms with van der Waals surface area (Å²) in [5, 5.41) is 0. The van der Waals surface area contributed by atoms with E-state index in [9.17, 15) is 13.6 Å². The molecule has 0 N–H and O–H groups in total. The number of carbonyl (C=O) groups excluding carboxylic acids is 1. The SMILES string of the molecule is CCOC(=O)CC1CCN(c2c(F)cc(-c3cncc(OC4CCC4)n3)cc2F)C1. The zero-order valence-corrected chi connectivity index (χ0v) is 16.9. The van der Waals surface area contributed by atoms with Gasteiger partial charge in [0.05, 0.1) is 31.1 Å². The molecule has 1 aliphatic carbocycles. The highest BCUT2D eigenvalue weighted by Crippen LogP contribution is 2.34. The maximum Gasteiger partial charge on any atom is 0.306 e. The number of benzene rings is 1. The third kappa shape index (κ3) is 4.52. The number of esters is 1. The minimum absolute atomic E-state index is 0.0220. The van der Waals surface area contributed by atoms with Gasteiger partial charge in [-0.25, -0.2) is 13.8 Å². The number of nitrogens with zero attached hydrogens (tertiary/aromatic N) is 3. The Hall–Kier alpha value is -2.77. The third-order valence-electron chi connectivity index (χ3n) is 5.63. The van der Waals surface area contributed by atoms with Crippen LogP contribution in [0.3, 0.4) is 0 Å². The minimum Gasteiger partial charge on any atom is -0.473 e. The molecule has 1 saturated heterocycles. The lowest BCUT2D eigenvalue weighted by Gasteiger charge is -2.25. The molecule has 160 valence electrons. The molecular formula is C22H25F2N3O3. The predicted molar refractivity (Wildman–Crippen MR) is 107 cm³/mol. The summed E-state index contributed by atoms with van der Waals surface area (Å²) in [5.41, 5.74) is 0.598. The maximum absolute atomic E-state index is 14.9. The number of ether oxygens (including phenoxy) is 2. The molecule has 2 aliphatic rings. The molecule has 1 atom stereocenters. The lowest BCUT2D eigenvalue weighted by atomic mass is 9.96. The number of hydrogen-bond acceptors (Lipinski definition) is 6. The van der Waals surface area contributed by atoms with Gasteiger partial charge >= 0.3 is 5.97 Å². The van der Waals surface area contributed by atoms with E-state index in [0.29, 0.717) is 43.3 Å². The summed E-state index contributed by atoms with van der Waals surface area (Å²) in [6.45, 7) is 2.98. The van der Waals surface area contributed by atoms with E-state index in [1.807, 2.05) is 0 Å². The number of anilines is 1. The van der Waals surface area contributed by atoms with Gasteiger partial charge < -0.3 is 14.4 Å². The lowest BCUT2D eigenvalue weighted by molar-refractivity contribution is -0.144. The molecule has 1 unspecified atom stereocenters. The fourth-order valence-electron chi connectivity index (χ4n) is 3.88. The Kier molecular flexibility index (Phi) is 6.11. The summed E-state index contributed by atoms with van der Waals surface area (Å²) in [6, 6.07) is 2.54. The van der Waals surface area contributed by atoms with Crippen LogP contribution in [0.1, 0.15) is 39.0 Å². The largest absolute Gasteiger partial charge is 0.473 e. The Balaban J connectivity index is 1.49. The minimum atomic E-state index is -0.658. The van der Waals surface area contributed by atoms with Crippen LogP contribution in [0.25, 0.3) is 11.3 Å². The molecule has 8 heteroatoms. The molecule has 0 amide bonds. The Labute approximate surface area is 174 Å². The second-order valence-corrected chi connectivity index (χ2v) is 7.81. The van der Waals surface area contributed by atoms with Crippen LogP contribution >= 0.6 is 0 Å². The van der Waals surface area contributed by atoms with E-state index < -0.39 is 11.6 Å². The molecule has 1 aromatic carbocycles. The van der Waals surface area contributed by atoms with Gasteiger partial charge in [-0.3, -0.25) is 9.78 Å². The van der Waals surface area contributed by atoms with Crippen molar-refractivity contribution in [3.63, 3.8) is 0 Å². The first-order valence-corrected chi connectivity index (χ1v) is 10.4. The molecule has 1 aromatic heterocycles. The molecule has 2 heterocycles. The molecule has 2 fully saturated rings. The smallest absolute Gasteiger partial charge is 0.306 e. The fourth-order valence-corrected chi connectivity index (χ4v) is 3.88. The molecule has 0 radical (unpaired) electrons. The summed E-state index contributed by atoms with van der Waals surface area (Å²) >= 11 is 0. The number of rotatable bonds is 7. The first-order valence-electron chi connectivity index (χ1n) is 10.4. The Morgan fingerprint density at radius 1 is 1.20 bits per heavy atom. The van der Waals surface area contributed by atoms with Gasteiger partial charge in [0, 0.05) is 18.7 Å². The van der Waals surface area contributed by atoms with Crippen LogP contribution in [-0.4, -0.2) is 41.7 Å². The molecule has 1 saturated carbocycles. The van der Waals surface area contributed by atoms with E-state index in [1.165, 1.54) is 24.5 Å². The average Bonchev–Trinajstić information content (AvgIpc) is 3.12. The van der Waals surface area contributed by atoms with Crippen molar-refractivity contribution in [3.8, 4) is 17.1 Å². The van der Waals surface area contributed by atoms with Crippen molar-refractivity contribution in [2.75, 3.05) is 24.6 Å². The number of aromatic nitrogens is 2. The van der Waals surface area contributed by atoms with Crippen molar-refractivity contribution in [3.05, 3.63) is 36.2 Å². The molecule has 2 aromatic rings. The van der Waals surface area contributed by atoms with E-state index >= 15 is 0 Å². The van der Waals surface area contributed by atoms with Gasteiger partial charge in [0.2, 0.25) is 5.88 Å². The van der Waals surface area contributed by atoms with E-state index in [1.54, 1.807) is 11.8 Å². The maximum atomic E-state index is 14.9. The van der Waals surface area contributed by atoms with Crippen LogP contribution in [0.4, 0.5) is 14.5 Å². The Morgan fingerprint density at radius 3 is 2.63 bits per heavy atom. The molecule has 1 aliphatic heterocycles. The molecular weight excluding hydrogens is 392 g/mol. The number of halogens is 2. The molecule has 0 bridgehead atoms. The van der Waals surface area contributed by atoms with Crippen molar-refractivity contribution in [2.45, 2.75) is 45.1 Å². The summed E-state index contributed by atoms with van der Waals surface area (Å²) in [6.07, 6.45) is 7.16. The first-order chi connectivity index (χ1) is 14.5. The quantitative estimate of drug-likeness (QED) is 0.631. The summed E-state index contributed by atoms with van der Waals surface area (Å²) in [5.74, 6) is -1.21. The lowest BCUT2D eigenvalue weighted by Crippen LogP contribution is -2.25. The molecule has 30 heavy (non-hydrogen) atoms. The van der Waals surface area contributed by atoms with E-state index in [4.69, 9.17) is 9.47 Å². The average molecular weight is 417 g/mol. The third-order valence-corrected chi connectivity index (χ3v) is 5.63. The predicted octanol–water partition coefficient (Wildman–Crippen LogP) is 4.13. The van der Waals surface area contributed by atoms with Crippen LogP contribution in [-0.2, 0) is 9.53 Å². The topological polar surface area (TPSA) is 64.5 Å². The van der Waals surface area contributed by atoms with Gasteiger partial charge in [-0.2, -0.15) is 0 Å².